The zero-order chi connectivity index (χ0) is 21.2. The normalized spacial score (nSPS) is 21.8. The molecular weight excluding hydrogens is 366 g/mol. The Balaban J connectivity index is 1.78. The van der Waals surface area contributed by atoms with Crippen molar-refractivity contribution < 1.29 is 14.6 Å². The van der Waals surface area contributed by atoms with Gasteiger partial charge in [-0.15, -0.1) is 0 Å². The van der Waals surface area contributed by atoms with E-state index in [0.717, 1.165) is 68.6 Å². The molecule has 1 aromatic rings. The molecule has 2 fully saturated rings. The van der Waals surface area contributed by atoms with E-state index in [1.807, 2.05) is 46.3 Å². The highest BCUT2D eigenvalue weighted by atomic mass is 16.5. The van der Waals surface area contributed by atoms with Crippen LogP contribution in [0.5, 0.6) is 5.75 Å². The third-order valence-electron chi connectivity index (χ3n) is 7.16. The van der Waals surface area contributed by atoms with Gasteiger partial charge < -0.3 is 14.7 Å². The summed E-state index contributed by atoms with van der Waals surface area (Å²) >= 11 is 0. The first-order chi connectivity index (χ1) is 13.7. The van der Waals surface area contributed by atoms with Gasteiger partial charge in [0.05, 0.1) is 7.11 Å². The number of anilines is 1. The summed E-state index contributed by atoms with van der Waals surface area (Å²) in [7, 11) is 7.51. The third-order valence-corrected chi connectivity index (χ3v) is 7.16. The van der Waals surface area contributed by atoms with Gasteiger partial charge in [-0.25, -0.2) is 0 Å². The fourth-order valence-corrected chi connectivity index (χ4v) is 5.13. The Morgan fingerprint density at radius 3 is 2.21 bits per heavy atom. The van der Waals surface area contributed by atoms with Crippen molar-refractivity contribution in [2.24, 2.45) is 0 Å². The number of piperidine rings is 1. The molecule has 162 valence electrons. The Hall–Kier alpha value is -1.63. The molecule has 1 aliphatic heterocycles. The number of hydrogen-bond acceptors (Lipinski definition) is 5. The number of rotatable bonds is 5. The van der Waals surface area contributed by atoms with Crippen molar-refractivity contribution in [1.82, 2.24) is 9.80 Å². The fraction of sp³-hybridized carbons (Fsp3) is 0.696. The predicted molar refractivity (Wildman–Crippen MR) is 116 cm³/mol. The van der Waals surface area contributed by atoms with Crippen molar-refractivity contribution in [1.29, 1.82) is 0 Å². The lowest BCUT2D eigenvalue weighted by molar-refractivity contribution is -0.157. The van der Waals surface area contributed by atoms with Gasteiger partial charge >= 0.3 is 0 Å². The van der Waals surface area contributed by atoms with Gasteiger partial charge in [0, 0.05) is 25.8 Å². The Morgan fingerprint density at radius 1 is 1.07 bits per heavy atom. The first kappa shape index (κ1) is 22.1. The van der Waals surface area contributed by atoms with E-state index in [2.05, 4.69) is 9.80 Å². The Kier molecular flexibility index (Phi) is 6.56. The number of likely N-dealkylation sites (tertiary alicyclic amines) is 1. The van der Waals surface area contributed by atoms with Crippen molar-refractivity contribution in [3.8, 4) is 5.75 Å². The molecular formula is C23H37N3O3. The molecule has 1 N–H and O–H groups in total. The van der Waals surface area contributed by atoms with E-state index in [0.29, 0.717) is 0 Å². The first-order valence-electron chi connectivity index (χ1n) is 10.8. The summed E-state index contributed by atoms with van der Waals surface area (Å²) in [5, 5.41) is 11.1. The van der Waals surface area contributed by atoms with Gasteiger partial charge in [-0.3, -0.25) is 14.6 Å². The summed E-state index contributed by atoms with van der Waals surface area (Å²) in [6.45, 7) is 3.50. The van der Waals surface area contributed by atoms with Gasteiger partial charge in [-0.2, -0.15) is 0 Å². The molecule has 0 aromatic heterocycles. The molecule has 2 aliphatic rings. The van der Waals surface area contributed by atoms with Crippen LogP contribution in [0, 0.1) is 6.92 Å². The van der Waals surface area contributed by atoms with Crippen LogP contribution in [0.25, 0.3) is 0 Å². The largest absolute Gasteiger partial charge is 0.497 e. The predicted octanol–water partition coefficient (Wildman–Crippen LogP) is 3.02. The highest BCUT2D eigenvalue weighted by molar-refractivity contribution is 6.00. The molecule has 1 saturated heterocycles. The maximum atomic E-state index is 13.7. The summed E-state index contributed by atoms with van der Waals surface area (Å²) in [5.41, 5.74) is 0.689. The van der Waals surface area contributed by atoms with Gasteiger partial charge in [-0.1, -0.05) is 6.42 Å². The van der Waals surface area contributed by atoms with E-state index in [4.69, 9.17) is 4.74 Å². The lowest BCUT2D eigenvalue weighted by Gasteiger charge is -2.51. The summed E-state index contributed by atoms with van der Waals surface area (Å²) in [4.78, 5) is 19.8. The van der Waals surface area contributed by atoms with Gasteiger partial charge in [0.2, 0.25) is 5.91 Å². The molecule has 1 heterocycles. The number of carbonyl (C=O) groups excluding carboxylic acids is 1. The van der Waals surface area contributed by atoms with E-state index >= 15 is 0 Å². The smallest absolute Gasteiger partial charge is 0.247 e. The molecule has 1 saturated carbocycles. The van der Waals surface area contributed by atoms with Crippen LogP contribution in [0.1, 0.15) is 50.5 Å². The molecule has 0 bridgehead atoms. The Bertz CT molecular complexity index is 720. The lowest BCUT2D eigenvalue weighted by atomic mass is 9.81. The van der Waals surface area contributed by atoms with Crippen LogP contribution in [-0.4, -0.2) is 73.4 Å². The average molecular weight is 404 g/mol. The van der Waals surface area contributed by atoms with Crippen LogP contribution in [0.4, 0.5) is 5.69 Å². The molecule has 1 amide bonds. The van der Waals surface area contributed by atoms with Gasteiger partial charge in [0.15, 0.2) is 0 Å². The Morgan fingerprint density at radius 2 is 1.69 bits per heavy atom. The molecule has 0 atom stereocenters. The van der Waals surface area contributed by atoms with Crippen molar-refractivity contribution >= 4 is 11.6 Å². The van der Waals surface area contributed by atoms with Gasteiger partial charge in [-0.05, 0) is 83.3 Å². The number of likely N-dealkylation sites (N-methyl/N-ethyl adjacent to an activating group) is 2. The number of aryl methyl sites for hydroxylation is 1. The monoisotopic (exact) mass is 403 g/mol. The average Bonchev–Trinajstić information content (AvgIpc) is 2.73. The van der Waals surface area contributed by atoms with Crippen molar-refractivity contribution in [2.75, 3.05) is 46.2 Å². The van der Waals surface area contributed by atoms with Crippen LogP contribution >= 0.6 is 0 Å². The standard InChI is InChI=1S/C23H37N3O3/c1-18-17-19(29-5)9-10-20(18)25(4)21(27)22(24(2)3)13-15-26(16-14-22)23(28)11-7-6-8-12-23/h9-10,17,28H,6-8,11-16H2,1-5H3. The molecule has 0 unspecified atom stereocenters. The zero-order valence-electron chi connectivity index (χ0n) is 18.7. The number of methoxy groups -OCH3 is 1. The second-order valence-corrected chi connectivity index (χ2v) is 8.97. The zero-order valence-corrected chi connectivity index (χ0v) is 18.7. The number of hydrogen-bond donors (Lipinski definition) is 1. The van der Waals surface area contributed by atoms with Gasteiger partial charge in [0.1, 0.15) is 17.0 Å². The molecule has 6 heteroatoms. The van der Waals surface area contributed by atoms with Crippen molar-refractivity contribution in [3.05, 3.63) is 23.8 Å². The number of carbonyl (C=O) groups is 1. The lowest BCUT2D eigenvalue weighted by Crippen LogP contribution is -2.64. The second kappa shape index (κ2) is 8.62. The maximum Gasteiger partial charge on any atom is 0.247 e. The fourth-order valence-electron chi connectivity index (χ4n) is 5.13. The number of aliphatic hydroxyl groups is 1. The van der Waals surface area contributed by atoms with Crippen LogP contribution in [0.3, 0.4) is 0 Å². The maximum absolute atomic E-state index is 13.7. The van der Waals surface area contributed by atoms with Crippen molar-refractivity contribution in [3.63, 3.8) is 0 Å². The van der Waals surface area contributed by atoms with Crippen molar-refractivity contribution in [2.45, 2.75) is 63.1 Å². The Labute approximate surface area is 175 Å². The van der Waals surface area contributed by atoms with E-state index in [1.54, 1.807) is 12.0 Å². The molecule has 6 nitrogen and oxygen atoms in total. The molecule has 1 aromatic carbocycles. The van der Waals surface area contributed by atoms with Crippen LogP contribution in [0.2, 0.25) is 0 Å². The number of ether oxygens (including phenoxy) is 1. The molecule has 1 aliphatic carbocycles. The third kappa shape index (κ3) is 4.16. The van der Waals surface area contributed by atoms with E-state index in [9.17, 15) is 9.90 Å². The minimum absolute atomic E-state index is 0.117. The number of benzene rings is 1. The first-order valence-corrected chi connectivity index (χ1v) is 10.8. The quantitative estimate of drug-likeness (QED) is 0.819. The van der Waals surface area contributed by atoms with Crippen LogP contribution in [0.15, 0.2) is 18.2 Å². The highest BCUT2D eigenvalue weighted by Gasteiger charge is 2.48. The second-order valence-electron chi connectivity index (χ2n) is 8.97. The topological polar surface area (TPSA) is 56.2 Å². The number of nitrogens with zero attached hydrogens (tertiary/aromatic N) is 3. The molecule has 0 spiro atoms. The summed E-state index contributed by atoms with van der Waals surface area (Å²) in [6.07, 6.45) is 6.53. The van der Waals surface area contributed by atoms with E-state index in [-0.39, 0.29) is 5.91 Å². The van der Waals surface area contributed by atoms with Gasteiger partial charge in [0.25, 0.3) is 0 Å². The summed E-state index contributed by atoms with van der Waals surface area (Å²) < 4.78 is 5.30. The highest BCUT2D eigenvalue weighted by Crippen LogP contribution is 2.38. The number of amides is 1. The minimum atomic E-state index is -0.682. The van der Waals surface area contributed by atoms with E-state index < -0.39 is 11.3 Å². The van der Waals surface area contributed by atoms with E-state index in [1.165, 1.54) is 6.42 Å². The molecule has 0 radical (unpaired) electrons. The van der Waals surface area contributed by atoms with Crippen LogP contribution in [-0.2, 0) is 4.79 Å². The van der Waals surface area contributed by atoms with Crippen LogP contribution < -0.4 is 9.64 Å². The molecule has 3 rings (SSSR count). The summed E-state index contributed by atoms with van der Waals surface area (Å²) in [6, 6.07) is 5.81. The minimum Gasteiger partial charge on any atom is -0.497 e. The summed E-state index contributed by atoms with van der Waals surface area (Å²) in [5.74, 6) is 0.912. The molecule has 29 heavy (non-hydrogen) atoms. The SMILES string of the molecule is COc1ccc(N(C)C(=O)C2(N(C)C)CCN(C3(O)CCCCC3)CC2)c(C)c1.